The second kappa shape index (κ2) is 4.51. The van der Waals surface area contributed by atoms with Gasteiger partial charge in [-0.2, -0.15) is 0 Å². The lowest BCUT2D eigenvalue weighted by molar-refractivity contribution is 0.628. The maximum Gasteiger partial charge on any atom is 0.153 e. The van der Waals surface area contributed by atoms with Crippen molar-refractivity contribution in [3.8, 4) is 11.3 Å². The van der Waals surface area contributed by atoms with Gasteiger partial charge >= 0.3 is 0 Å². The Labute approximate surface area is 122 Å². The number of anilines is 1. The van der Waals surface area contributed by atoms with E-state index in [9.17, 15) is 4.39 Å². The Morgan fingerprint density at radius 2 is 2.11 bits per heavy atom. The molecule has 0 radical (unpaired) electrons. The quantitative estimate of drug-likeness (QED) is 0.723. The fourth-order valence-corrected chi connectivity index (χ4v) is 2.62. The number of benzene rings is 1. The van der Waals surface area contributed by atoms with E-state index in [4.69, 9.17) is 17.3 Å². The van der Waals surface area contributed by atoms with E-state index in [0.717, 1.165) is 4.47 Å². The lowest BCUT2D eigenvalue weighted by Gasteiger charge is -2.02. The van der Waals surface area contributed by atoms with Gasteiger partial charge in [-0.1, -0.05) is 11.6 Å². The SMILES string of the molecule is Nc1c(-c2ccc(F)cc2Cl)nc2c(Br)cccn12. The van der Waals surface area contributed by atoms with E-state index in [-0.39, 0.29) is 5.02 Å². The summed E-state index contributed by atoms with van der Waals surface area (Å²) in [4.78, 5) is 4.46. The van der Waals surface area contributed by atoms with Crippen LogP contribution in [-0.2, 0) is 0 Å². The molecule has 0 saturated heterocycles. The van der Waals surface area contributed by atoms with Gasteiger partial charge in [-0.25, -0.2) is 9.37 Å². The third-order valence-corrected chi connectivity index (χ3v) is 3.76. The van der Waals surface area contributed by atoms with Crippen LogP contribution in [0.15, 0.2) is 41.0 Å². The van der Waals surface area contributed by atoms with Crippen LogP contribution >= 0.6 is 27.5 Å². The highest BCUT2D eigenvalue weighted by molar-refractivity contribution is 9.10. The van der Waals surface area contributed by atoms with Crippen LogP contribution in [-0.4, -0.2) is 9.38 Å². The molecule has 0 atom stereocenters. The molecule has 96 valence electrons. The van der Waals surface area contributed by atoms with Crippen LogP contribution in [0.5, 0.6) is 0 Å². The van der Waals surface area contributed by atoms with Gasteiger partial charge in [0.25, 0.3) is 0 Å². The zero-order valence-electron chi connectivity index (χ0n) is 9.57. The van der Waals surface area contributed by atoms with Crippen molar-refractivity contribution in [3.05, 3.63) is 51.8 Å². The fraction of sp³-hybridized carbons (Fsp3) is 0. The highest BCUT2D eigenvalue weighted by Gasteiger charge is 2.15. The van der Waals surface area contributed by atoms with Gasteiger partial charge in [-0.05, 0) is 46.3 Å². The highest BCUT2D eigenvalue weighted by Crippen LogP contribution is 2.33. The summed E-state index contributed by atoms with van der Waals surface area (Å²) in [5.41, 5.74) is 7.91. The Bertz CT molecular complexity index is 785. The molecule has 3 nitrogen and oxygen atoms in total. The Balaban J connectivity index is 2.31. The van der Waals surface area contributed by atoms with E-state index in [1.54, 1.807) is 10.5 Å². The van der Waals surface area contributed by atoms with Gasteiger partial charge in [-0.15, -0.1) is 0 Å². The van der Waals surface area contributed by atoms with Crippen LogP contribution in [0.3, 0.4) is 0 Å². The standard InChI is InChI=1S/C13H8BrClFN3/c14-9-2-1-5-19-12(17)11(18-13(9)19)8-4-3-7(16)6-10(8)15/h1-6H,17H2. The minimum atomic E-state index is -0.391. The van der Waals surface area contributed by atoms with Gasteiger partial charge in [0.15, 0.2) is 5.65 Å². The van der Waals surface area contributed by atoms with Crippen LogP contribution in [0.1, 0.15) is 0 Å². The average molecular weight is 341 g/mol. The fourth-order valence-electron chi connectivity index (χ4n) is 1.93. The Kier molecular flexibility index (Phi) is 2.95. The van der Waals surface area contributed by atoms with Crippen LogP contribution in [0.2, 0.25) is 5.02 Å². The summed E-state index contributed by atoms with van der Waals surface area (Å²) in [5.74, 6) is 0.0714. The summed E-state index contributed by atoms with van der Waals surface area (Å²) in [5, 5.41) is 0.284. The first-order valence-electron chi connectivity index (χ1n) is 5.45. The van der Waals surface area contributed by atoms with E-state index in [2.05, 4.69) is 20.9 Å². The third kappa shape index (κ3) is 1.99. The van der Waals surface area contributed by atoms with Crippen molar-refractivity contribution in [1.82, 2.24) is 9.38 Å². The van der Waals surface area contributed by atoms with Crippen LogP contribution < -0.4 is 5.73 Å². The number of hydrogen-bond donors (Lipinski definition) is 1. The van der Waals surface area contributed by atoms with Gasteiger partial charge in [0.2, 0.25) is 0 Å². The zero-order chi connectivity index (χ0) is 13.6. The maximum atomic E-state index is 13.1. The third-order valence-electron chi connectivity index (χ3n) is 2.83. The first-order chi connectivity index (χ1) is 9.08. The van der Waals surface area contributed by atoms with E-state index in [1.807, 2.05) is 18.3 Å². The average Bonchev–Trinajstić information content (AvgIpc) is 2.69. The number of aromatic nitrogens is 2. The molecule has 0 amide bonds. The number of nitrogen functional groups attached to an aromatic ring is 1. The van der Waals surface area contributed by atoms with Crippen molar-refractivity contribution >= 4 is 39.0 Å². The maximum absolute atomic E-state index is 13.1. The Morgan fingerprint density at radius 1 is 1.32 bits per heavy atom. The van der Waals surface area contributed by atoms with Crippen LogP contribution in [0.4, 0.5) is 10.2 Å². The molecule has 2 heterocycles. The van der Waals surface area contributed by atoms with Gasteiger partial charge in [0.1, 0.15) is 17.3 Å². The summed E-state index contributed by atoms with van der Waals surface area (Å²) in [6, 6.07) is 7.88. The molecule has 0 aliphatic carbocycles. The van der Waals surface area contributed by atoms with Crippen LogP contribution in [0.25, 0.3) is 16.9 Å². The van der Waals surface area contributed by atoms with E-state index in [0.29, 0.717) is 22.7 Å². The molecule has 0 spiro atoms. The number of hydrogen-bond acceptors (Lipinski definition) is 2. The molecular formula is C13H8BrClFN3. The molecule has 19 heavy (non-hydrogen) atoms. The largest absolute Gasteiger partial charge is 0.383 e. The minimum absolute atomic E-state index is 0.284. The van der Waals surface area contributed by atoms with Gasteiger partial charge < -0.3 is 5.73 Å². The lowest BCUT2D eigenvalue weighted by atomic mass is 10.1. The number of nitrogens with two attached hydrogens (primary N) is 1. The van der Waals surface area contributed by atoms with E-state index in [1.165, 1.54) is 12.1 Å². The van der Waals surface area contributed by atoms with Crippen molar-refractivity contribution in [3.63, 3.8) is 0 Å². The molecule has 6 heteroatoms. The number of fused-ring (bicyclic) bond motifs is 1. The van der Waals surface area contributed by atoms with E-state index < -0.39 is 5.82 Å². The van der Waals surface area contributed by atoms with Gasteiger partial charge in [0, 0.05) is 11.8 Å². The molecule has 2 N–H and O–H groups in total. The summed E-state index contributed by atoms with van der Waals surface area (Å²) < 4.78 is 15.7. The van der Waals surface area contributed by atoms with Crippen molar-refractivity contribution in [2.75, 3.05) is 5.73 Å². The first kappa shape index (κ1) is 12.4. The Morgan fingerprint density at radius 3 is 2.79 bits per heavy atom. The molecule has 3 aromatic rings. The lowest BCUT2D eigenvalue weighted by Crippen LogP contribution is -1.94. The monoisotopic (exact) mass is 339 g/mol. The molecule has 3 rings (SSSR count). The van der Waals surface area contributed by atoms with E-state index >= 15 is 0 Å². The van der Waals surface area contributed by atoms with Crippen molar-refractivity contribution in [1.29, 1.82) is 0 Å². The van der Waals surface area contributed by atoms with Crippen molar-refractivity contribution in [2.24, 2.45) is 0 Å². The number of halogens is 3. The molecule has 0 aliphatic heterocycles. The molecule has 0 unspecified atom stereocenters. The molecule has 2 aromatic heterocycles. The second-order valence-corrected chi connectivity index (χ2v) is 5.28. The number of nitrogens with zero attached hydrogens (tertiary/aromatic N) is 2. The minimum Gasteiger partial charge on any atom is -0.383 e. The number of imidazole rings is 1. The van der Waals surface area contributed by atoms with Crippen molar-refractivity contribution in [2.45, 2.75) is 0 Å². The molecule has 0 aliphatic rings. The summed E-state index contributed by atoms with van der Waals surface area (Å²) in [6.07, 6.45) is 1.81. The first-order valence-corrected chi connectivity index (χ1v) is 6.62. The number of pyridine rings is 1. The predicted molar refractivity (Wildman–Crippen MR) is 77.7 cm³/mol. The van der Waals surface area contributed by atoms with Crippen molar-refractivity contribution < 1.29 is 4.39 Å². The van der Waals surface area contributed by atoms with Crippen LogP contribution in [0, 0.1) is 5.82 Å². The second-order valence-electron chi connectivity index (χ2n) is 4.02. The number of rotatable bonds is 1. The summed E-state index contributed by atoms with van der Waals surface area (Å²) in [7, 11) is 0. The normalized spacial score (nSPS) is 11.1. The van der Waals surface area contributed by atoms with Gasteiger partial charge in [0.05, 0.1) is 9.50 Å². The molecule has 0 saturated carbocycles. The smallest absolute Gasteiger partial charge is 0.153 e. The highest BCUT2D eigenvalue weighted by atomic mass is 79.9. The molecule has 0 fully saturated rings. The zero-order valence-corrected chi connectivity index (χ0v) is 11.9. The molecule has 1 aromatic carbocycles. The molecular weight excluding hydrogens is 333 g/mol. The van der Waals surface area contributed by atoms with Gasteiger partial charge in [-0.3, -0.25) is 4.40 Å². The summed E-state index contributed by atoms with van der Waals surface area (Å²) in [6.45, 7) is 0. The topological polar surface area (TPSA) is 43.3 Å². The predicted octanol–water partition coefficient (Wildman–Crippen LogP) is 4.14. The summed E-state index contributed by atoms with van der Waals surface area (Å²) >= 11 is 9.46. The Hall–Kier alpha value is -1.59. The molecule has 0 bridgehead atoms.